The average Bonchev–Trinajstić information content (AvgIpc) is 2.33. The van der Waals surface area contributed by atoms with E-state index in [1.807, 2.05) is 0 Å². The lowest BCUT2D eigenvalue weighted by Gasteiger charge is -2.05. The second-order valence-corrected chi connectivity index (χ2v) is 4.52. The summed E-state index contributed by atoms with van der Waals surface area (Å²) in [4.78, 5) is 11.6. The van der Waals surface area contributed by atoms with E-state index in [2.05, 4.69) is 12.0 Å². The van der Waals surface area contributed by atoms with E-state index >= 15 is 0 Å². The summed E-state index contributed by atoms with van der Waals surface area (Å²) in [5.74, 6) is -0.254. The zero-order valence-corrected chi connectivity index (χ0v) is 10.9. The van der Waals surface area contributed by atoms with Gasteiger partial charge in [0.05, 0.1) is 6.20 Å². The summed E-state index contributed by atoms with van der Waals surface area (Å²) in [6.07, 6.45) is 8.15. The van der Waals surface area contributed by atoms with Gasteiger partial charge in [0.2, 0.25) is 0 Å². The summed E-state index contributed by atoms with van der Waals surface area (Å²) in [6, 6.07) is 0. The van der Waals surface area contributed by atoms with Gasteiger partial charge in [-0.2, -0.15) is 5.10 Å². The quantitative estimate of drug-likeness (QED) is 0.765. The van der Waals surface area contributed by atoms with Crippen molar-refractivity contribution in [2.45, 2.75) is 52.0 Å². The molecule has 96 valence electrons. The Kier molecular flexibility index (Phi) is 6.05. The topological polar surface area (TPSA) is 55.1 Å². The Morgan fingerprint density at radius 2 is 1.94 bits per heavy atom. The Balaban J connectivity index is 2.37. The molecule has 0 aromatic carbocycles. The van der Waals surface area contributed by atoms with Crippen LogP contribution in [0.15, 0.2) is 11.0 Å². The van der Waals surface area contributed by atoms with Crippen LogP contribution in [-0.2, 0) is 6.54 Å². The van der Waals surface area contributed by atoms with Crippen LogP contribution in [0.3, 0.4) is 0 Å². The lowest BCUT2D eigenvalue weighted by Crippen LogP contribution is -2.22. The van der Waals surface area contributed by atoms with E-state index in [4.69, 9.17) is 11.6 Å². The molecular formula is C12H19ClN2O2. The minimum absolute atomic E-state index is 0.147. The molecule has 4 nitrogen and oxygen atoms in total. The maximum absolute atomic E-state index is 11.6. The Morgan fingerprint density at radius 1 is 1.29 bits per heavy atom. The lowest BCUT2D eigenvalue weighted by atomic mass is 10.1. The smallest absolute Gasteiger partial charge is 0.289 e. The van der Waals surface area contributed by atoms with E-state index in [1.165, 1.54) is 36.6 Å². The van der Waals surface area contributed by atoms with E-state index < -0.39 is 5.56 Å². The van der Waals surface area contributed by atoms with Gasteiger partial charge in [0, 0.05) is 6.54 Å². The number of nitrogens with zero attached hydrogens (tertiary/aromatic N) is 2. The molecular weight excluding hydrogens is 240 g/mol. The summed E-state index contributed by atoms with van der Waals surface area (Å²) in [6.45, 7) is 2.74. The van der Waals surface area contributed by atoms with Crippen molar-refractivity contribution in [3.63, 3.8) is 0 Å². The first-order valence-corrected chi connectivity index (χ1v) is 6.49. The monoisotopic (exact) mass is 258 g/mol. The average molecular weight is 259 g/mol. The van der Waals surface area contributed by atoms with Gasteiger partial charge in [-0.3, -0.25) is 4.79 Å². The first kappa shape index (κ1) is 14.0. The standard InChI is InChI=1S/C12H19ClN2O2/c1-2-3-4-5-6-7-8-15-12(17)11(13)10(16)9-14-15/h9,16H,2-8H2,1H3. The molecule has 0 spiro atoms. The van der Waals surface area contributed by atoms with Crippen molar-refractivity contribution in [2.24, 2.45) is 0 Å². The predicted molar refractivity (Wildman–Crippen MR) is 68.5 cm³/mol. The molecule has 0 aliphatic rings. The molecule has 0 aliphatic carbocycles. The molecule has 1 aromatic heterocycles. The molecule has 1 heterocycles. The van der Waals surface area contributed by atoms with Crippen molar-refractivity contribution < 1.29 is 5.11 Å². The van der Waals surface area contributed by atoms with Crippen LogP contribution in [0.5, 0.6) is 5.75 Å². The van der Waals surface area contributed by atoms with E-state index in [0.717, 1.165) is 12.8 Å². The second kappa shape index (κ2) is 7.33. The fourth-order valence-electron chi connectivity index (χ4n) is 1.66. The fourth-order valence-corrected chi connectivity index (χ4v) is 1.80. The zero-order valence-electron chi connectivity index (χ0n) is 10.2. The molecule has 0 aliphatic heterocycles. The maximum Gasteiger partial charge on any atom is 0.289 e. The molecule has 17 heavy (non-hydrogen) atoms. The molecule has 1 aromatic rings. The Hall–Kier alpha value is -1.03. The number of aromatic hydroxyl groups is 1. The van der Waals surface area contributed by atoms with Crippen LogP contribution in [0.2, 0.25) is 5.02 Å². The Morgan fingerprint density at radius 3 is 2.65 bits per heavy atom. The van der Waals surface area contributed by atoms with Crippen LogP contribution in [0, 0.1) is 0 Å². The van der Waals surface area contributed by atoms with Gasteiger partial charge in [0.25, 0.3) is 5.56 Å². The highest BCUT2D eigenvalue weighted by molar-refractivity contribution is 6.31. The SMILES string of the molecule is CCCCCCCCn1ncc(O)c(Cl)c1=O. The normalized spacial score (nSPS) is 10.7. The maximum atomic E-state index is 11.6. The number of aryl methyl sites for hydroxylation is 1. The second-order valence-electron chi connectivity index (χ2n) is 4.14. The van der Waals surface area contributed by atoms with Crippen LogP contribution in [0.4, 0.5) is 0 Å². The van der Waals surface area contributed by atoms with Gasteiger partial charge in [-0.25, -0.2) is 4.68 Å². The Labute approximate surface area is 106 Å². The minimum Gasteiger partial charge on any atom is -0.505 e. The van der Waals surface area contributed by atoms with Crippen molar-refractivity contribution >= 4 is 11.6 Å². The summed E-state index contributed by atoms with van der Waals surface area (Å²) < 4.78 is 1.31. The number of halogens is 1. The van der Waals surface area contributed by atoms with E-state index in [9.17, 15) is 9.90 Å². The van der Waals surface area contributed by atoms with E-state index in [1.54, 1.807) is 0 Å². The lowest BCUT2D eigenvalue weighted by molar-refractivity contribution is 0.453. The molecule has 0 saturated heterocycles. The molecule has 0 fully saturated rings. The van der Waals surface area contributed by atoms with Crippen LogP contribution in [-0.4, -0.2) is 14.9 Å². The van der Waals surface area contributed by atoms with Crippen molar-refractivity contribution in [1.29, 1.82) is 0 Å². The third-order valence-electron chi connectivity index (χ3n) is 2.69. The molecule has 1 rings (SSSR count). The summed E-state index contributed by atoms with van der Waals surface area (Å²) in [5, 5.41) is 12.9. The molecule has 0 unspecified atom stereocenters. The predicted octanol–water partition coefficient (Wildman–Crippen LogP) is 2.96. The van der Waals surface area contributed by atoms with Gasteiger partial charge in [-0.05, 0) is 6.42 Å². The fraction of sp³-hybridized carbons (Fsp3) is 0.667. The number of hydrogen-bond donors (Lipinski definition) is 1. The van der Waals surface area contributed by atoms with Gasteiger partial charge in [-0.15, -0.1) is 0 Å². The van der Waals surface area contributed by atoms with Gasteiger partial charge in [0.15, 0.2) is 10.8 Å². The number of aromatic nitrogens is 2. The highest BCUT2D eigenvalue weighted by Gasteiger charge is 2.07. The first-order chi connectivity index (χ1) is 8.16. The Bertz CT molecular complexity index is 404. The molecule has 1 N–H and O–H groups in total. The first-order valence-electron chi connectivity index (χ1n) is 6.11. The third-order valence-corrected chi connectivity index (χ3v) is 3.05. The van der Waals surface area contributed by atoms with Crippen LogP contribution in [0.1, 0.15) is 45.4 Å². The van der Waals surface area contributed by atoms with Gasteiger partial charge < -0.3 is 5.11 Å². The van der Waals surface area contributed by atoms with Crippen molar-refractivity contribution in [1.82, 2.24) is 9.78 Å². The molecule has 0 bridgehead atoms. The molecule has 0 radical (unpaired) electrons. The molecule has 5 heteroatoms. The number of hydrogen-bond acceptors (Lipinski definition) is 3. The van der Waals surface area contributed by atoms with Crippen LogP contribution < -0.4 is 5.56 Å². The molecule has 0 amide bonds. The van der Waals surface area contributed by atoms with Crippen molar-refractivity contribution in [3.8, 4) is 5.75 Å². The van der Waals surface area contributed by atoms with Gasteiger partial charge >= 0.3 is 0 Å². The number of rotatable bonds is 7. The van der Waals surface area contributed by atoms with Crippen molar-refractivity contribution in [3.05, 3.63) is 21.6 Å². The van der Waals surface area contributed by atoms with Gasteiger partial charge in [0.1, 0.15) is 0 Å². The highest BCUT2D eigenvalue weighted by Crippen LogP contribution is 2.15. The summed E-state index contributed by atoms with van der Waals surface area (Å²) in [7, 11) is 0. The minimum atomic E-state index is -0.416. The van der Waals surface area contributed by atoms with E-state index in [0.29, 0.717) is 6.54 Å². The molecule has 0 atom stereocenters. The highest BCUT2D eigenvalue weighted by atomic mass is 35.5. The van der Waals surface area contributed by atoms with Gasteiger partial charge in [-0.1, -0.05) is 50.6 Å². The largest absolute Gasteiger partial charge is 0.505 e. The summed E-state index contributed by atoms with van der Waals surface area (Å²) in [5.41, 5.74) is -0.416. The van der Waals surface area contributed by atoms with Crippen LogP contribution in [0.25, 0.3) is 0 Å². The summed E-state index contributed by atoms with van der Waals surface area (Å²) >= 11 is 5.64. The van der Waals surface area contributed by atoms with Crippen LogP contribution >= 0.6 is 11.6 Å². The molecule has 0 saturated carbocycles. The number of unbranched alkanes of at least 4 members (excludes halogenated alkanes) is 5. The van der Waals surface area contributed by atoms with E-state index in [-0.39, 0.29) is 10.8 Å². The zero-order chi connectivity index (χ0) is 12.7. The van der Waals surface area contributed by atoms with Crippen molar-refractivity contribution in [2.75, 3.05) is 0 Å². The third kappa shape index (κ3) is 4.38.